The van der Waals surface area contributed by atoms with Gasteiger partial charge in [0.25, 0.3) is 0 Å². The molecule has 0 spiro atoms. The van der Waals surface area contributed by atoms with Crippen LogP contribution in [-0.2, 0) is 4.74 Å². The van der Waals surface area contributed by atoms with Gasteiger partial charge in [-0.2, -0.15) is 9.97 Å². The Bertz CT molecular complexity index is 954. The minimum atomic E-state index is -0.713. The molecule has 0 atom stereocenters. The van der Waals surface area contributed by atoms with Crippen molar-refractivity contribution in [1.29, 1.82) is 0 Å². The van der Waals surface area contributed by atoms with Crippen LogP contribution >= 0.6 is 15.9 Å². The van der Waals surface area contributed by atoms with Crippen LogP contribution in [0.3, 0.4) is 0 Å². The van der Waals surface area contributed by atoms with Crippen molar-refractivity contribution >= 4 is 32.7 Å². The minimum Gasteiger partial charge on any atom is -0.463 e. The average Bonchev–Trinajstić information content (AvgIpc) is 3.29. The molecule has 0 radical (unpaired) electrons. The molecule has 3 heterocycles. The fourth-order valence-corrected chi connectivity index (χ4v) is 4.77. The third kappa shape index (κ3) is 6.11. The molecule has 1 saturated carbocycles. The molecular weight excluding hydrogens is 494 g/mol. The fraction of sp³-hybridized carbons (Fsp3) is 0.667. The van der Waals surface area contributed by atoms with Crippen LogP contribution in [0.4, 0.5) is 14.6 Å². The van der Waals surface area contributed by atoms with E-state index in [-0.39, 0.29) is 21.4 Å². The van der Waals surface area contributed by atoms with Crippen molar-refractivity contribution in [1.82, 2.24) is 14.9 Å². The number of hydrogen-bond donors (Lipinski definition) is 0. The molecule has 1 aliphatic carbocycles. The van der Waals surface area contributed by atoms with Gasteiger partial charge in [0, 0.05) is 43.6 Å². The molecule has 6 nitrogen and oxygen atoms in total. The topological polar surface area (TPSA) is 50.7 Å². The van der Waals surface area contributed by atoms with Crippen molar-refractivity contribution < 1.29 is 18.3 Å². The number of nitrogens with zero attached hydrogens (tertiary/aromatic N) is 4. The highest BCUT2D eigenvalue weighted by Crippen LogP contribution is 2.46. The first-order valence-corrected chi connectivity index (χ1v) is 12.6. The molecule has 3 aliphatic rings. The van der Waals surface area contributed by atoms with Gasteiger partial charge in [0.05, 0.1) is 11.1 Å². The maximum atomic E-state index is 14.8. The lowest BCUT2D eigenvalue weighted by Crippen LogP contribution is -2.31. The molecular formula is C24H33BrF2N4O2. The monoisotopic (exact) mass is 526 g/mol. The van der Waals surface area contributed by atoms with E-state index >= 15 is 0 Å². The molecule has 1 aromatic carbocycles. The maximum Gasteiger partial charge on any atom is 0.319 e. The van der Waals surface area contributed by atoms with E-state index < -0.39 is 11.6 Å². The van der Waals surface area contributed by atoms with E-state index in [0.29, 0.717) is 17.8 Å². The molecule has 182 valence electrons. The van der Waals surface area contributed by atoms with Gasteiger partial charge in [0.1, 0.15) is 17.2 Å². The standard InChI is InChI=1S/C20H25BrF2N4O.C4H8O/c1-26(2)11-20(6-7-20)12-28-19-24-17-13(10-14(22)15(21)16(17)23)18(25-19)27-8-4-3-5-9-27;1-2-4-5-3-1/h10H,3-9,11-12H2,1-2H3;1-4H2. The molecule has 9 heteroatoms. The Labute approximate surface area is 202 Å². The number of rotatable bonds is 6. The van der Waals surface area contributed by atoms with Gasteiger partial charge in [-0.3, -0.25) is 0 Å². The predicted octanol–water partition coefficient (Wildman–Crippen LogP) is 5.18. The molecule has 33 heavy (non-hydrogen) atoms. The van der Waals surface area contributed by atoms with Crippen LogP contribution in [0.25, 0.3) is 10.9 Å². The first kappa shape index (κ1) is 24.5. The van der Waals surface area contributed by atoms with Crippen molar-refractivity contribution in [3.05, 3.63) is 22.2 Å². The smallest absolute Gasteiger partial charge is 0.319 e. The first-order valence-electron chi connectivity index (χ1n) is 11.8. The van der Waals surface area contributed by atoms with Crippen molar-refractivity contribution in [3.63, 3.8) is 0 Å². The van der Waals surface area contributed by atoms with Crippen molar-refractivity contribution in [3.8, 4) is 6.01 Å². The summed E-state index contributed by atoms with van der Waals surface area (Å²) in [6.45, 7) is 5.07. The van der Waals surface area contributed by atoms with E-state index in [2.05, 4.69) is 35.7 Å². The van der Waals surface area contributed by atoms with E-state index in [1.165, 1.54) is 18.9 Å². The third-order valence-electron chi connectivity index (χ3n) is 6.39. The Morgan fingerprint density at radius 2 is 1.79 bits per heavy atom. The number of benzene rings is 1. The Balaban J connectivity index is 0.000000459. The third-order valence-corrected chi connectivity index (χ3v) is 7.11. The van der Waals surface area contributed by atoms with E-state index in [1.54, 1.807) is 0 Å². The maximum absolute atomic E-state index is 14.8. The van der Waals surface area contributed by atoms with E-state index in [9.17, 15) is 8.78 Å². The van der Waals surface area contributed by atoms with Gasteiger partial charge in [0.15, 0.2) is 5.82 Å². The van der Waals surface area contributed by atoms with Gasteiger partial charge >= 0.3 is 6.01 Å². The van der Waals surface area contributed by atoms with Gasteiger partial charge in [-0.15, -0.1) is 0 Å². The number of ether oxygens (including phenoxy) is 2. The van der Waals surface area contributed by atoms with Gasteiger partial charge in [-0.05, 0) is 81.0 Å². The SMILES string of the molecule is C1CCOC1.CN(C)CC1(COc2nc(N3CCCCC3)c3cc(F)c(Br)c(F)c3n2)CC1. The van der Waals surface area contributed by atoms with Gasteiger partial charge in [0.2, 0.25) is 0 Å². The highest BCUT2D eigenvalue weighted by Gasteiger charge is 2.44. The Morgan fingerprint density at radius 1 is 1.09 bits per heavy atom. The quantitative estimate of drug-likeness (QED) is 0.483. The summed E-state index contributed by atoms with van der Waals surface area (Å²) in [5, 5.41) is 0.391. The minimum absolute atomic E-state index is 0.0938. The Hall–Kier alpha value is -1.58. The van der Waals surface area contributed by atoms with Gasteiger partial charge < -0.3 is 19.3 Å². The van der Waals surface area contributed by atoms with Crippen LogP contribution in [0.15, 0.2) is 10.5 Å². The molecule has 3 fully saturated rings. The van der Waals surface area contributed by atoms with Crippen LogP contribution in [0.1, 0.15) is 44.9 Å². The zero-order chi connectivity index (χ0) is 23.4. The molecule has 2 saturated heterocycles. The molecule has 2 aromatic rings. The number of fused-ring (bicyclic) bond motifs is 1. The number of anilines is 1. The summed E-state index contributed by atoms with van der Waals surface area (Å²) in [7, 11) is 4.09. The highest BCUT2D eigenvalue weighted by molar-refractivity contribution is 9.10. The normalized spacial score (nSPS) is 19.5. The number of halogens is 3. The lowest BCUT2D eigenvalue weighted by molar-refractivity contribution is 0.183. The first-order chi connectivity index (χ1) is 15.9. The van der Waals surface area contributed by atoms with Crippen LogP contribution in [-0.4, -0.2) is 68.4 Å². The lowest BCUT2D eigenvalue weighted by atomic mass is 10.1. The Morgan fingerprint density at radius 3 is 2.36 bits per heavy atom. The van der Waals surface area contributed by atoms with Gasteiger partial charge in [-0.1, -0.05) is 0 Å². The summed E-state index contributed by atoms with van der Waals surface area (Å²) in [5.41, 5.74) is 0.214. The summed E-state index contributed by atoms with van der Waals surface area (Å²) < 4.78 is 39.7. The fourth-order valence-electron chi connectivity index (χ4n) is 4.47. The predicted molar refractivity (Wildman–Crippen MR) is 129 cm³/mol. The van der Waals surface area contributed by atoms with Crippen LogP contribution < -0.4 is 9.64 Å². The van der Waals surface area contributed by atoms with Gasteiger partial charge in [-0.25, -0.2) is 8.78 Å². The second-order valence-electron chi connectivity index (χ2n) is 9.61. The van der Waals surface area contributed by atoms with Crippen LogP contribution in [0.5, 0.6) is 6.01 Å². The van der Waals surface area contributed by atoms with Crippen molar-refractivity contribution in [2.24, 2.45) is 5.41 Å². The van der Waals surface area contributed by atoms with Crippen molar-refractivity contribution in [2.45, 2.75) is 44.9 Å². The molecule has 0 unspecified atom stereocenters. The molecule has 1 aromatic heterocycles. The average molecular weight is 527 g/mol. The van der Waals surface area contributed by atoms with Crippen LogP contribution in [0.2, 0.25) is 0 Å². The summed E-state index contributed by atoms with van der Waals surface area (Å²) in [6.07, 6.45) is 7.99. The van der Waals surface area contributed by atoms with E-state index in [4.69, 9.17) is 9.47 Å². The lowest BCUT2D eigenvalue weighted by Gasteiger charge is -2.29. The molecule has 5 rings (SSSR count). The number of piperidine rings is 1. The second kappa shape index (κ2) is 10.8. The summed E-state index contributed by atoms with van der Waals surface area (Å²) >= 11 is 2.98. The zero-order valence-corrected chi connectivity index (χ0v) is 21.1. The van der Waals surface area contributed by atoms with E-state index in [1.807, 2.05) is 14.1 Å². The second-order valence-corrected chi connectivity index (χ2v) is 10.4. The molecule has 0 N–H and O–H groups in total. The Kier molecular flexibility index (Phi) is 8.02. The van der Waals surface area contributed by atoms with Crippen LogP contribution in [0, 0.1) is 17.0 Å². The molecule has 0 bridgehead atoms. The largest absolute Gasteiger partial charge is 0.463 e. The van der Waals surface area contributed by atoms with Crippen molar-refractivity contribution in [2.75, 3.05) is 58.5 Å². The summed E-state index contributed by atoms with van der Waals surface area (Å²) in [5.74, 6) is -0.805. The zero-order valence-electron chi connectivity index (χ0n) is 19.5. The summed E-state index contributed by atoms with van der Waals surface area (Å²) in [6, 6.07) is 1.47. The number of hydrogen-bond acceptors (Lipinski definition) is 6. The molecule has 2 aliphatic heterocycles. The number of aromatic nitrogens is 2. The molecule has 0 amide bonds. The highest BCUT2D eigenvalue weighted by atomic mass is 79.9. The van der Waals surface area contributed by atoms with E-state index in [0.717, 1.165) is 65.0 Å². The summed E-state index contributed by atoms with van der Waals surface area (Å²) in [4.78, 5) is 13.1.